The molecule has 0 rings (SSSR count). The van der Waals surface area contributed by atoms with E-state index in [2.05, 4.69) is 0 Å². The summed E-state index contributed by atoms with van der Waals surface area (Å²) in [6.07, 6.45) is -6.25. The summed E-state index contributed by atoms with van der Waals surface area (Å²) in [5.41, 5.74) is -4.29. The smallest absolute Gasteiger partial charge is 0.458 e. The first-order valence-electron chi connectivity index (χ1n) is 4.45. The SMILES string of the molecule is CC(C)/C(C(=O)[O-])=C(\C(=O)[O-])C(F)(F)C(F)(F)F. The molecule has 4 nitrogen and oxygen atoms in total. The second kappa shape index (κ2) is 4.91. The van der Waals surface area contributed by atoms with Gasteiger partial charge in [0.25, 0.3) is 0 Å². The Morgan fingerprint density at radius 1 is 0.944 bits per heavy atom. The number of carboxylic acids is 2. The average Bonchev–Trinajstić information content (AvgIpc) is 2.09. The molecule has 0 spiro atoms. The molecule has 0 aromatic carbocycles. The van der Waals surface area contributed by atoms with Gasteiger partial charge in [-0.3, -0.25) is 0 Å². The van der Waals surface area contributed by atoms with E-state index in [0.29, 0.717) is 0 Å². The third kappa shape index (κ3) is 2.96. The summed E-state index contributed by atoms with van der Waals surface area (Å²) < 4.78 is 62.0. The Morgan fingerprint density at radius 3 is 1.50 bits per heavy atom. The van der Waals surface area contributed by atoms with E-state index < -0.39 is 41.1 Å². The van der Waals surface area contributed by atoms with Crippen molar-refractivity contribution in [3.8, 4) is 0 Å². The van der Waals surface area contributed by atoms with Gasteiger partial charge in [-0.05, 0) is 11.5 Å². The fourth-order valence-electron chi connectivity index (χ4n) is 1.18. The van der Waals surface area contributed by atoms with Crippen molar-refractivity contribution in [2.75, 3.05) is 0 Å². The summed E-state index contributed by atoms with van der Waals surface area (Å²) in [6, 6.07) is 0. The molecule has 0 atom stereocenters. The first-order valence-corrected chi connectivity index (χ1v) is 4.45. The van der Waals surface area contributed by atoms with Crippen LogP contribution in [-0.4, -0.2) is 24.0 Å². The highest BCUT2D eigenvalue weighted by atomic mass is 19.4. The summed E-state index contributed by atoms with van der Waals surface area (Å²) in [5.74, 6) is -12.6. The summed E-state index contributed by atoms with van der Waals surface area (Å²) in [6.45, 7) is 1.86. The van der Waals surface area contributed by atoms with Crippen molar-refractivity contribution < 1.29 is 41.8 Å². The predicted octanol–water partition coefficient (Wildman–Crippen LogP) is -0.364. The Labute approximate surface area is 97.7 Å². The molecule has 0 aromatic rings. The number of aliphatic carboxylic acids is 2. The fraction of sp³-hybridized carbons (Fsp3) is 0.556. The van der Waals surface area contributed by atoms with Gasteiger partial charge in [0.2, 0.25) is 0 Å². The molecule has 0 radical (unpaired) electrons. The van der Waals surface area contributed by atoms with Crippen molar-refractivity contribution in [2.24, 2.45) is 5.92 Å². The molecule has 0 fully saturated rings. The minimum absolute atomic E-state index is 0.931. The van der Waals surface area contributed by atoms with E-state index >= 15 is 0 Å². The van der Waals surface area contributed by atoms with Gasteiger partial charge in [-0.15, -0.1) is 0 Å². The third-order valence-corrected chi connectivity index (χ3v) is 1.94. The molecule has 0 heterocycles. The number of carboxylic acid groups (broad SMARTS) is 2. The number of hydrogen-bond donors (Lipinski definition) is 0. The molecule has 0 unspecified atom stereocenters. The third-order valence-electron chi connectivity index (χ3n) is 1.94. The largest absolute Gasteiger partial charge is 0.545 e. The van der Waals surface area contributed by atoms with E-state index in [9.17, 15) is 41.8 Å². The van der Waals surface area contributed by atoms with E-state index in [-0.39, 0.29) is 0 Å². The maximum atomic E-state index is 12.9. The van der Waals surface area contributed by atoms with Gasteiger partial charge in [-0.25, -0.2) is 0 Å². The number of alkyl halides is 5. The van der Waals surface area contributed by atoms with Crippen LogP contribution in [0.4, 0.5) is 22.0 Å². The zero-order valence-corrected chi connectivity index (χ0v) is 9.10. The highest BCUT2D eigenvalue weighted by Crippen LogP contribution is 2.42. The van der Waals surface area contributed by atoms with Crippen LogP contribution in [0.1, 0.15) is 13.8 Å². The maximum Gasteiger partial charge on any atom is 0.458 e. The molecule has 104 valence electrons. The molecule has 0 saturated heterocycles. The van der Waals surface area contributed by atoms with E-state index in [1.165, 1.54) is 0 Å². The molecule has 0 N–H and O–H groups in total. The van der Waals surface area contributed by atoms with Crippen LogP contribution in [0.2, 0.25) is 0 Å². The van der Waals surface area contributed by atoms with Crippen LogP contribution in [-0.2, 0) is 9.59 Å². The molecule has 0 saturated carbocycles. The fourth-order valence-corrected chi connectivity index (χ4v) is 1.18. The van der Waals surface area contributed by atoms with Gasteiger partial charge in [0, 0.05) is 0 Å². The van der Waals surface area contributed by atoms with Gasteiger partial charge in [0.05, 0.1) is 17.5 Å². The lowest BCUT2D eigenvalue weighted by Crippen LogP contribution is -2.47. The van der Waals surface area contributed by atoms with E-state index in [1.807, 2.05) is 0 Å². The van der Waals surface area contributed by atoms with Crippen LogP contribution in [0.25, 0.3) is 0 Å². The Bertz CT molecular complexity index is 394. The second-order valence-electron chi connectivity index (χ2n) is 3.59. The minimum Gasteiger partial charge on any atom is -0.545 e. The Balaban J connectivity index is 6.25. The lowest BCUT2D eigenvalue weighted by Gasteiger charge is -2.28. The van der Waals surface area contributed by atoms with Crippen LogP contribution in [0.15, 0.2) is 11.1 Å². The van der Waals surface area contributed by atoms with Crippen LogP contribution in [0, 0.1) is 5.92 Å². The lowest BCUT2D eigenvalue weighted by molar-refractivity contribution is -0.315. The van der Waals surface area contributed by atoms with Crippen LogP contribution < -0.4 is 10.2 Å². The first-order chi connectivity index (χ1) is 7.84. The van der Waals surface area contributed by atoms with Gasteiger partial charge in [-0.2, -0.15) is 22.0 Å². The predicted molar refractivity (Wildman–Crippen MR) is 42.9 cm³/mol. The van der Waals surface area contributed by atoms with E-state index in [0.717, 1.165) is 13.8 Å². The molecule has 0 aromatic heterocycles. The highest BCUT2D eigenvalue weighted by molar-refractivity contribution is 5.98. The first kappa shape index (κ1) is 16.3. The molecule has 0 aliphatic heterocycles. The van der Waals surface area contributed by atoms with Crippen molar-refractivity contribution in [3.63, 3.8) is 0 Å². The van der Waals surface area contributed by atoms with Gasteiger partial charge < -0.3 is 19.8 Å². The topological polar surface area (TPSA) is 80.3 Å². The summed E-state index contributed by atoms with van der Waals surface area (Å²) in [4.78, 5) is 20.9. The van der Waals surface area contributed by atoms with Crippen LogP contribution in [0.5, 0.6) is 0 Å². The molecule has 0 aliphatic carbocycles. The summed E-state index contributed by atoms with van der Waals surface area (Å²) in [5, 5.41) is 20.9. The molecule has 9 heteroatoms. The number of halogens is 5. The zero-order chi connectivity index (χ0) is 14.9. The Morgan fingerprint density at radius 2 is 1.33 bits per heavy atom. The Hall–Kier alpha value is -1.67. The molecular formula is C9H7F5O4-2. The molecule has 0 bridgehead atoms. The van der Waals surface area contributed by atoms with Crippen molar-refractivity contribution in [1.29, 1.82) is 0 Å². The number of rotatable bonds is 4. The second-order valence-corrected chi connectivity index (χ2v) is 3.59. The Kier molecular flexibility index (Phi) is 4.45. The van der Waals surface area contributed by atoms with Gasteiger partial charge >= 0.3 is 12.1 Å². The van der Waals surface area contributed by atoms with Crippen molar-refractivity contribution >= 4 is 11.9 Å². The highest BCUT2D eigenvalue weighted by Gasteiger charge is 2.61. The van der Waals surface area contributed by atoms with Crippen molar-refractivity contribution in [2.45, 2.75) is 25.9 Å². The van der Waals surface area contributed by atoms with E-state index in [1.54, 1.807) is 0 Å². The van der Waals surface area contributed by atoms with E-state index in [4.69, 9.17) is 0 Å². The van der Waals surface area contributed by atoms with Crippen LogP contribution in [0.3, 0.4) is 0 Å². The minimum atomic E-state index is -6.25. The molecular weight excluding hydrogens is 267 g/mol. The van der Waals surface area contributed by atoms with Crippen LogP contribution >= 0.6 is 0 Å². The summed E-state index contributed by atoms with van der Waals surface area (Å²) >= 11 is 0. The normalized spacial score (nSPS) is 14.4. The number of carbonyl (C=O) groups excluding carboxylic acids is 2. The molecule has 0 aliphatic rings. The molecule has 18 heavy (non-hydrogen) atoms. The van der Waals surface area contributed by atoms with Crippen molar-refractivity contribution in [3.05, 3.63) is 11.1 Å². The quantitative estimate of drug-likeness (QED) is 0.517. The van der Waals surface area contributed by atoms with Crippen molar-refractivity contribution in [1.82, 2.24) is 0 Å². The number of hydrogen-bond acceptors (Lipinski definition) is 4. The monoisotopic (exact) mass is 274 g/mol. The standard InChI is InChI=1S/C9H9F5O4/c1-3(2)4(6(15)16)5(7(17)18)8(10,11)9(12,13)14/h3H,1-2H3,(H,15,16)(H,17,18)/p-2/b5-4-. The van der Waals surface area contributed by atoms with Gasteiger partial charge in [-0.1, -0.05) is 13.8 Å². The number of carbonyl (C=O) groups is 2. The zero-order valence-electron chi connectivity index (χ0n) is 9.10. The summed E-state index contributed by atoms with van der Waals surface area (Å²) in [7, 11) is 0. The lowest BCUT2D eigenvalue weighted by atomic mass is 9.93. The van der Waals surface area contributed by atoms with Gasteiger partial charge in [0.1, 0.15) is 0 Å². The maximum absolute atomic E-state index is 12.9. The average molecular weight is 274 g/mol. The molecule has 0 amide bonds. The van der Waals surface area contributed by atoms with Gasteiger partial charge in [0.15, 0.2) is 0 Å².